The predicted octanol–water partition coefficient (Wildman–Crippen LogP) is -15.0. The van der Waals surface area contributed by atoms with E-state index >= 15 is 0 Å². The molecule has 0 aromatic heterocycles. The third kappa shape index (κ3) is 26.7. The lowest BCUT2D eigenvalue weighted by Gasteiger charge is -2.58. The summed E-state index contributed by atoms with van der Waals surface area (Å²) in [6, 6.07) is 6.05. The fourth-order valence-electron chi connectivity index (χ4n) is 13.4. The molecule has 4 rings (SSSR count). The van der Waals surface area contributed by atoms with Crippen molar-refractivity contribution >= 4 is 461 Å². The van der Waals surface area contributed by atoms with Crippen molar-refractivity contribution in [3.63, 3.8) is 0 Å². The number of halogens is 2. The first-order chi connectivity index (χ1) is 44.9. The summed E-state index contributed by atoms with van der Waals surface area (Å²) in [5.74, 6) is 0.860. The number of hydrogen-bond acceptors (Lipinski definition) is 8. The van der Waals surface area contributed by atoms with Crippen molar-refractivity contribution in [3.05, 3.63) is 34.3 Å². The Balaban J connectivity index is 0.000000621. The van der Waals surface area contributed by atoms with E-state index in [9.17, 15) is 14.4 Å². The van der Waals surface area contributed by atoms with Crippen molar-refractivity contribution < 1.29 is 33.3 Å². The van der Waals surface area contributed by atoms with Crippen molar-refractivity contribution in [2.45, 2.75) is 52.7 Å². The first kappa shape index (κ1) is 93.9. The van der Waals surface area contributed by atoms with Crippen LogP contribution >= 0.6 is 23.2 Å². The van der Waals surface area contributed by atoms with Crippen LogP contribution in [-0.4, -0.2) is 460 Å². The van der Waals surface area contributed by atoms with Crippen molar-refractivity contribution in [1.29, 1.82) is 0 Å². The second kappa shape index (κ2) is 41.8. The number of benzene rings is 2. The van der Waals surface area contributed by atoms with Gasteiger partial charge in [0.05, 0.1) is 34.5 Å². The molecule has 58 radical (unpaired) electrons. The van der Waals surface area contributed by atoms with Crippen molar-refractivity contribution in [1.82, 2.24) is 5.32 Å². The number of ether oxygens (including phenoxy) is 4. The molecule has 0 fully saturated rings. The molecule has 2 heterocycles. The van der Waals surface area contributed by atoms with Crippen LogP contribution in [0.1, 0.15) is 41.5 Å². The van der Waals surface area contributed by atoms with Gasteiger partial charge in [0.25, 0.3) is 0 Å². The van der Waals surface area contributed by atoms with Gasteiger partial charge in [-0.25, -0.2) is 14.4 Å². The SMILES string of the molecule is CC(C)(C)OC(=O)N1CCOc2c(Cl)cc(N)cc21.CNC(=O)Nc1cc(Cl)c2c(c1)N(C(=O)OC(C)(C)C)CCO2.[B]B([B])B([B])B(B([B])[B])B(B(B(B([B])[B])B([B])[B])B(B([B])[B])B([B])[B])B(B(B(B([B])[B])B([B])[B])B(B([B])[B])B([B])[B])B(B(B([B])[B])B([B])[B])B(B([B])[B])B([B])[B]. The Bertz CT molecular complexity index is 2650. The standard InChI is InChI=1S/C15H20ClN3O4.C13H17ClN2O3.B56/c1-15(2,3)23-14(21)19-5-6-22-12-10(16)7-9(8-11(12)19)18-13(20)17-4;1-13(2,3)19-12(17)16-4-5-18-11-9(14)6-8(15)7-10(11)16;1-30(2)44(29)51(43(27)28)55(52(45(31(3)4)32(5)6)46(33(7)8)34(9)10)56(53(47(35(11)12)36(13)14)48(37(15)16)38(17)18)54(49(39(19)20)40(21)22)50(41(23)24)42(25)26/h7-8H,5-6H2,1-4H3,(H2,17,18,20);6-7H,4-5,15H2,1-3H3;. The van der Waals surface area contributed by atoms with Crippen LogP contribution in [0.15, 0.2) is 24.3 Å². The number of carbonyl (C=O) groups is 3. The summed E-state index contributed by atoms with van der Waals surface area (Å²) >= 11 is 12.3. The average molecular weight is 1230 g/mol. The van der Waals surface area contributed by atoms with Crippen LogP contribution in [0.3, 0.4) is 0 Å². The van der Waals surface area contributed by atoms with Gasteiger partial charge in [0.15, 0.2) is 11.5 Å². The molecule has 2 aromatic carbocycles. The number of nitrogen functional groups attached to an aromatic ring is 1. The minimum absolute atomic E-state index is 0.308. The minimum Gasteiger partial charge on any atom is -0.488 e. The summed E-state index contributed by atoms with van der Waals surface area (Å²) in [5.41, 5.74) is 6.52. The Labute approximate surface area is 647 Å². The molecule has 0 atom stereocenters. The first-order valence-corrected chi connectivity index (χ1v) is 32.3. The van der Waals surface area contributed by atoms with Gasteiger partial charge in [-0.2, -0.15) is 0 Å². The number of anilines is 4. The summed E-state index contributed by atoms with van der Waals surface area (Å²) in [4.78, 5) is 38.9. The quantitative estimate of drug-likeness (QED) is 0.0592. The number of urea groups is 1. The van der Waals surface area contributed by atoms with Gasteiger partial charge in [-0.15, -0.1) is 0 Å². The Morgan fingerprint density at radius 1 is 0.408 bits per heavy atom. The molecule has 12 nitrogen and oxygen atoms in total. The monoisotopic (exact) mass is 1240 g/mol. The lowest BCUT2D eigenvalue weighted by atomic mass is 8.23. The van der Waals surface area contributed by atoms with Gasteiger partial charge >= 0.3 is 18.2 Å². The first-order valence-electron chi connectivity index (χ1n) is 31.5. The van der Waals surface area contributed by atoms with E-state index in [1.54, 1.807) is 45.0 Å². The number of amides is 4. The fraction of sp³-hybridized carbons (Fsp3) is 0.464. The number of nitrogens with two attached hydrogens (primary N) is 1. The zero-order valence-corrected chi connectivity index (χ0v) is 58.6. The van der Waals surface area contributed by atoms with Crippen molar-refractivity contribution in [3.8, 4) is 11.5 Å². The molecule has 2 aliphatic rings. The number of hydrogen-bond donors (Lipinski definition) is 3. The third-order valence-electron chi connectivity index (χ3n) is 17.0. The van der Waals surface area contributed by atoms with E-state index in [0.29, 0.717) is 70.6 Å². The predicted molar refractivity (Wildman–Crippen MR) is 486 cm³/mol. The summed E-state index contributed by atoms with van der Waals surface area (Å²) in [6.07, 6.45) is -38.1. The van der Waals surface area contributed by atoms with Crippen LogP contribution < -0.4 is 35.6 Å². The molecule has 0 spiro atoms. The highest BCUT2D eigenvalue weighted by Crippen LogP contribution is 2.42. The van der Waals surface area contributed by atoms with Crippen LogP contribution in [0.2, 0.25) is 10.0 Å². The molecule has 398 valence electrons. The smallest absolute Gasteiger partial charge is 0.415 e. The van der Waals surface area contributed by atoms with Crippen LogP contribution in [0.25, 0.3) is 0 Å². The van der Waals surface area contributed by atoms with Gasteiger partial charge < -0.3 is 35.3 Å². The van der Waals surface area contributed by atoms with Crippen LogP contribution in [0, 0.1) is 0 Å². The highest BCUT2D eigenvalue weighted by molar-refractivity contribution is 8.37. The highest BCUT2D eigenvalue weighted by atomic mass is 35.5. The molecule has 2 aromatic rings. The highest BCUT2D eigenvalue weighted by Gasteiger charge is 2.62. The van der Waals surface area contributed by atoms with Crippen molar-refractivity contribution in [2.75, 3.05) is 54.2 Å². The number of nitrogens with one attached hydrogen (secondary N) is 2. The lowest BCUT2D eigenvalue weighted by Crippen LogP contribution is -2.96. The largest absolute Gasteiger partial charge is 0.488 e. The summed E-state index contributed by atoms with van der Waals surface area (Å²) in [6.45, 7) is 12.3. The normalized spacial score (nSPS) is 11.6. The number of rotatable bonds is 27. The van der Waals surface area contributed by atoms with E-state index in [4.69, 9.17) is 272 Å². The zero-order valence-electron chi connectivity index (χ0n) is 57.1. The van der Waals surface area contributed by atoms with Gasteiger partial charge in [-0.05, 0) is 65.8 Å². The van der Waals surface area contributed by atoms with Crippen molar-refractivity contribution in [2.24, 2.45) is 0 Å². The van der Waals surface area contributed by atoms with Gasteiger partial charge in [0.2, 0.25) is 0 Å². The van der Waals surface area contributed by atoms with E-state index in [-0.39, 0.29) is 6.03 Å². The number of nitrogens with zero attached hydrogens (tertiary/aromatic N) is 2. The summed E-state index contributed by atoms with van der Waals surface area (Å²) in [5, 5.41) is 5.77. The Morgan fingerprint density at radius 2 is 0.663 bits per heavy atom. The maximum Gasteiger partial charge on any atom is 0.415 e. The van der Waals surface area contributed by atoms with E-state index in [1.807, 2.05) is 20.8 Å². The molecular formula is C28H37B56Cl2N5O7. The third-order valence-corrected chi connectivity index (χ3v) is 17.6. The van der Waals surface area contributed by atoms with Gasteiger partial charge in [0.1, 0.15) is 24.4 Å². The van der Waals surface area contributed by atoms with E-state index in [1.165, 1.54) is 16.8 Å². The topological polar surface area (TPSA) is 145 Å². The van der Waals surface area contributed by atoms with Gasteiger partial charge in [-0.3, -0.25) is 9.80 Å². The Hall–Kier alpha value is -0.134. The molecular weight excluding hydrogens is 1190 g/mol. The minimum atomic E-state index is -1.48. The molecule has 0 saturated heterocycles. The van der Waals surface area contributed by atoms with E-state index < -0.39 is 196 Å². The molecule has 0 saturated carbocycles. The second-order valence-electron chi connectivity index (χ2n) is 26.9. The molecule has 98 heavy (non-hydrogen) atoms. The zero-order chi connectivity index (χ0) is 76.0. The van der Waals surface area contributed by atoms with E-state index in [0.717, 1.165) is 0 Å². The molecule has 2 aliphatic heterocycles. The number of fused-ring (bicyclic) bond motifs is 2. The molecule has 0 aliphatic carbocycles. The molecule has 70 heteroatoms. The summed E-state index contributed by atoms with van der Waals surface area (Å²) < 4.78 is 21.8. The summed E-state index contributed by atoms with van der Waals surface area (Å²) in [7, 11) is 191. The van der Waals surface area contributed by atoms with Crippen LogP contribution in [0.5, 0.6) is 11.5 Å². The molecule has 4 amide bonds. The Kier molecular flexibility index (Phi) is 40.1. The van der Waals surface area contributed by atoms with E-state index in [2.05, 4.69) is 10.6 Å². The van der Waals surface area contributed by atoms with Gasteiger partial charge in [0, 0.05) is 415 Å². The molecule has 0 bridgehead atoms. The maximum atomic E-state index is 12.4. The fourth-order valence-corrected chi connectivity index (χ4v) is 13.9. The van der Waals surface area contributed by atoms with Crippen LogP contribution in [0.4, 0.5) is 37.1 Å². The van der Waals surface area contributed by atoms with Crippen LogP contribution in [-0.2, 0) is 9.47 Å². The molecule has 0 unspecified atom stereocenters. The number of carbonyl (C=O) groups excluding carboxylic acids is 3. The second-order valence-corrected chi connectivity index (χ2v) is 27.7. The Morgan fingerprint density at radius 3 is 0.918 bits per heavy atom. The average Bonchev–Trinajstić information content (AvgIpc) is 0.732. The lowest BCUT2D eigenvalue weighted by molar-refractivity contribution is 0.0557. The van der Waals surface area contributed by atoms with Gasteiger partial charge in [-0.1, -0.05) is 23.2 Å². The maximum absolute atomic E-state index is 12.4. The molecule has 4 N–H and O–H groups in total.